The van der Waals surface area contributed by atoms with Gasteiger partial charge in [-0.3, -0.25) is 9.88 Å². The summed E-state index contributed by atoms with van der Waals surface area (Å²) >= 11 is 0. The second-order valence-corrected chi connectivity index (χ2v) is 6.64. The van der Waals surface area contributed by atoms with Crippen molar-refractivity contribution < 1.29 is 9.47 Å². The topological polar surface area (TPSA) is 60.4 Å². The first-order valence-corrected chi connectivity index (χ1v) is 8.50. The second kappa shape index (κ2) is 6.83. The lowest BCUT2D eigenvalue weighted by molar-refractivity contribution is -0.0538. The summed E-state index contributed by atoms with van der Waals surface area (Å²) in [5.41, 5.74) is 1.15. The monoisotopic (exact) mass is 326 g/mol. The first kappa shape index (κ1) is 15.5. The highest BCUT2D eigenvalue weighted by Gasteiger charge is 2.44. The highest BCUT2D eigenvalue weighted by Crippen LogP contribution is 2.36. The van der Waals surface area contributed by atoms with Crippen molar-refractivity contribution in [2.45, 2.75) is 37.5 Å². The van der Waals surface area contributed by atoms with Crippen LogP contribution in [0.1, 0.15) is 24.8 Å². The Bertz CT molecular complexity index is 655. The van der Waals surface area contributed by atoms with Crippen LogP contribution in [-0.4, -0.2) is 51.3 Å². The fraction of sp³-hybridized carbons (Fsp3) is 0.500. The molecule has 0 radical (unpaired) electrons. The number of nitrogens with zero attached hydrogens (tertiary/aromatic N) is 4. The standard InChI is InChI=1S/C18H22N4O2/c1-4-15(11-19-6-1)12-22-9-2-5-18(14-22)10-16(13-23-18)24-17-20-7-3-8-21-17/h1,3-4,6-8,11,16H,2,5,9-10,12-14H2. The van der Waals surface area contributed by atoms with Gasteiger partial charge in [-0.05, 0) is 37.1 Å². The lowest BCUT2D eigenvalue weighted by Gasteiger charge is -2.39. The molecule has 0 aromatic carbocycles. The van der Waals surface area contributed by atoms with Crippen molar-refractivity contribution in [2.24, 2.45) is 0 Å². The van der Waals surface area contributed by atoms with Crippen molar-refractivity contribution in [1.29, 1.82) is 0 Å². The molecule has 6 heteroatoms. The van der Waals surface area contributed by atoms with Crippen molar-refractivity contribution in [3.8, 4) is 6.01 Å². The van der Waals surface area contributed by atoms with Gasteiger partial charge in [-0.2, -0.15) is 0 Å². The first-order valence-electron chi connectivity index (χ1n) is 8.50. The molecule has 4 rings (SSSR count). The minimum Gasteiger partial charge on any atom is -0.458 e. The predicted molar refractivity (Wildman–Crippen MR) is 88.5 cm³/mol. The van der Waals surface area contributed by atoms with Crippen molar-refractivity contribution in [2.75, 3.05) is 19.7 Å². The van der Waals surface area contributed by atoms with E-state index in [1.165, 1.54) is 5.56 Å². The molecule has 2 unspecified atom stereocenters. The molecule has 0 aliphatic carbocycles. The lowest BCUT2D eigenvalue weighted by Crippen LogP contribution is -2.47. The molecular formula is C18H22N4O2. The molecule has 0 N–H and O–H groups in total. The number of rotatable bonds is 4. The highest BCUT2D eigenvalue weighted by molar-refractivity contribution is 5.09. The summed E-state index contributed by atoms with van der Waals surface area (Å²) < 4.78 is 12.1. The van der Waals surface area contributed by atoms with Crippen LogP contribution in [0.25, 0.3) is 0 Å². The van der Waals surface area contributed by atoms with E-state index in [0.29, 0.717) is 12.6 Å². The Labute approximate surface area is 141 Å². The summed E-state index contributed by atoms with van der Waals surface area (Å²) in [6.45, 7) is 3.58. The average molecular weight is 326 g/mol. The van der Waals surface area contributed by atoms with Crippen LogP contribution in [0.5, 0.6) is 6.01 Å². The van der Waals surface area contributed by atoms with Gasteiger partial charge in [-0.25, -0.2) is 9.97 Å². The minimum atomic E-state index is -0.0973. The number of hydrogen-bond donors (Lipinski definition) is 0. The smallest absolute Gasteiger partial charge is 0.316 e. The number of ether oxygens (including phenoxy) is 2. The molecule has 126 valence electrons. The summed E-state index contributed by atoms with van der Waals surface area (Å²) in [5, 5.41) is 0. The molecular weight excluding hydrogens is 304 g/mol. The zero-order valence-electron chi connectivity index (χ0n) is 13.7. The predicted octanol–water partition coefficient (Wildman–Crippen LogP) is 2.07. The molecule has 4 heterocycles. The van der Waals surface area contributed by atoms with Gasteiger partial charge in [0.05, 0.1) is 12.2 Å². The molecule has 2 saturated heterocycles. The molecule has 2 atom stereocenters. The molecule has 2 aromatic heterocycles. The molecule has 2 fully saturated rings. The maximum Gasteiger partial charge on any atom is 0.316 e. The van der Waals surface area contributed by atoms with E-state index in [0.717, 1.165) is 38.9 Å². The fourth-order valence-electron chi connectivity index (χ4n) is 3.73. The maximum absolute atomic E-state index is 6.20. The average Bonchev–Trinajstić information content (AvgIpc) is 2.98. The molecule has 1 spiro atoms. The number of aromatic nitrogens is 3. The van der Waals surface area contributed by atoms with Crippen molar-refractivity contribution in [3.63, 3.8) is 0 Å². The third-order valence-corrected chi connectivity index (χ3v) is 4.74. The lowest BCUT2D eigenvalue weighted by atomic mass is 9.89. The van der Waals surface area contributed by atoms with Gasteiger partial charge >= 0.3 is 6.01 Å². The number of hydrogen-bond acceptors (Lipinski definition) is 6. The van der Waals surface area contributed by atoms with Crippen LogP contribution in [-0.2, 0) is 11.3 Å². The fourth-order valence-corrected chi connectivity index (χ4v) is 3.73. The number of likely N-dealkylation sites (tertiary alicyclic amines) is 1. The summed E-state index contributed by atoms with van der Waals surface area (Å²) in [6, 6.07) is 6.34. The van der Waals surface area contributed by atoms with Gasteiger partial charge in [-0.15, -0.1) is 0 Å². The third-order valence-electron chi connectivity index (χ3n) is 4.74. The zero-order valence-corrected chi connectivity index (χ0v) is 13.7. The molecule has 2 aromatic rings. The SMILES string of the molecule is c1cnc(OC2COC3(CCCN(Cc4cccnc4)C3)C2)nc1. The van der Waals surface area contributed by atoms with E-state index in [-0.39, 0.29) is 11.7 Å². The summed E-state index contributed by atoms with van der Waals surface area (Å²) in [5.74, 6) is 0. The number of piperidine rings is 1. The van der Waals surface area contributed by atoms with Gasteiger partial charge in [0.1, 0.15) is 6.10 Å². The Morgan fingerprint density at radius 2 is 2.17 bits per heavy atom. The van der Waals surface area contributed by atoms with Crippen molar-refractivity contribution >= 4 is 0 Å². The summed E-state index contributed by atoms with van der Waals surface area (Å²) in [6.07, 6.45) is 10.3. The minimum absolute atomic E-state index is 0.0331. The second-order valence-electron chi connectivity index (χ2n) is 6.64. The third kappa shape index (κ3) is 3.55. The van der Waals surface area contributed by atoms with E-state index in [1.54, 1.807) is 18.5 Å². The van der Waals surface area contributed by atoms with Crippen LogP contribution in [0.4, 0.5) is 0 Å². The van der Waals surface area contributed by atoms with Gasteiger partial charge in [0, 0.05) is 44.3 Å². The molecule has 0 bridgehead atoms. The zero-order chi connectivity index (χ0) is 16.2. The quantitative estimate of drug-likeness (QED) is 0.857. The van der Waals surface area contributed by atoms with Crippen LogP contribution in [0.3, 0.4) is 0 Å². The highest BCUT2D eigenvalue weighted by atomic mass is 16.6. The normalized spacial score (nSPS) is 27.4. The van der Waals surface area contributed by atoms with E-state index in [2.05, 4.69) is 25.9 Å². The molecule has 24 heavy (non-hydrogen) atoms. The van der Waals surface area contributed by atoms with Gasteiger partial charge in [-0.1, -0.05) is 6.07 Å². The maximum atomic E-state index is 6.20. The Morgan fingerprint density at radius 1 is 1.25 bits per heavy atom. The van der Waals surface area contributed by atoms with Crippen LogP contribution in [0.2, 0.25) is 0 Å². The summed E-state index contributed by atoms with van der Waals surface area (Å²) in [4.78, 5) is 14.9. The Kier molecular flexibility index (Phi) is 4.40. The van der Waals surface area contributed by atoms with E-state index in [4.69, 9.17) is 9.47 Å². The largest absolute Gasteiger partial charge is 0.458 e. The van der Waals surface area contributed by atoms with Crippen molar-refractivity contribution in [1.82, 2.24) is 19.9 Å². The van der Waals surface area contributed by atoms with E-state index >= 15 is 0 Å². The molecule has 0 amide bonds. The van der Waals surface area contributed by atoms with Crippen LogP contribution >= 0.6 is 0 Å². The van der Waals surface area contributed by atoms with Gasteiger partial charge in [0.25, 0.3) is 0 Å². The summed E-state index contributed by atoms with van der Waals surface area (Å²) in [7, 11) is 0. The molecule has 6 nitrogen and oxygen atoms in total. The Balaban J connectivity index is 1.37. The molecule has 0 saturated carbocycles. The Hall–Kier alpha value is -2.05. The van der Waals surface area contributed by atoms with Gasteiger partial charge in [0.15, 0.2) is 0 Å². The van der Waals surface area contributed by atoms with Crippen LogP contribution in [0.15, 0.2) is 43.0 Å². The van der Waals surface area contributed by atoms with E-state index in [9.17, 15) is 0 Å². The van der Waals surface area contributed by atoms with E-state index < -0.39 is 0 Å². The first-order chi connectivity index (χ1) is 11.8. The van der Waals surface area contributed by atoms with Crippen LogP contribution < -0.4 is 4.74 Å². The van der Waals surface area contributed by atoms with Crippen molar-refractivity contribution in [3.05, 3.63) is 48.5 Å². The van der Waals surface area contributed by atoms with E-state index in [1.807, 2.05) is 18.5 Å². The van der Waals surface area contributed by atoms with Gasteiger partial charge < -0.3 is 9.47 Å². The number of pyridine rings is 1. The van der Waals surface area contributed by atoms with Gasteiger partial charge in [0.2, 0.25) is 0 Å². The molecule has 2 aliphatic rings. The molecule has 2 aliphatic heterocycles. The van der Waals surface area contributed by atoms with Crippen LogP contribution in [0, 0.1) is 0 Å². The Morgan fingerprint density at radius 3 is 3.00 bits per heavy atom.